The highest BCUT2D eigenvalue weighted by molar-refractivity contribution is 5.96. The Bertz CT molecular complexity index is 373. The van der Waals surface area contributed by atoms with Gasteiger partial charge >= 0.3 is 0 Å². The number of nitrogens with zero attached hydrogens (tertiary/aromatic N) is 1. The van der Waals surface area contributed by atoms with Gasteiger partial charge in [0.15, 0.2) is 0 Å². The average Bonchev–Trinajstić information content (AvgIpc) is 2.17. The second kappa shape index (κ2) is 4.45. The molecule has 0 bridgehead atoms. The number of carbonyl (C=O) groups excluding carboxylic acids is 2. The number of nitrogens with two attached hydrogens (primary N) is 1. The van der Waals surface area contributed by atoms with Crippen molar-refractivity contribution in [1.29, 1.82) is 0 Å². The molecule has 0 aliphatic heterocycles. The fourth-order valence-corrected chi connectivity index (χ4v) is 1.13. The zero-order chi connectivity index (χ0) is 11.4. The molecule has 0 aromatic heterocycles. The summed E-state index contributed by atoms with van der Waals surface area (Å²) >= 11 is 0. The van der Waals surface area contributed by atoms with Crippen LogP contribution < -0.4 is 5.73 Å². The van der Waals surface area contributed by atoms with Crippen molar-refractivity contribution in [3.63, 3.8) is 0 Å². The van der Waals surface area contributed by atoms with E-state index < -0.39 is 5.91 Å². The summed E-state index contributed by atoms with van der Waals surface area (Å²) in [7, 11) is 1.49. The van der Waals surface area contributed by atoms with Crippen LogP contribution in [0.2, 0.25) is 0 Å². The van der Waals surface area contributed by atoms with Gasteiger partial charge in [-0.2, -0.15) is 0 Å². The van der Waals surface area contributed by atoms with Crippen LogP contribution in [0.3, 0.4) is 0 Å². The third-order valence-electron chi connectivity index (χ3n) is 1.85. The number of phenols is 1. The Morgan fingerprint density at radius 2 is 1.87 bits per heavy atom. The average molecular weight is 208 g/mol. The van der Waals surface area contributed by atoms with Gasteiger partial charge in [0.1, 0.15) is 5.75 Å². The molecule has 2 amide bonds. The predicted octanol–water partition coefficient (Wildman–Crippen LogP) is -0.0505. The summed E-state index contributed by atoms with van der Waals surface area (Å²) in [6.07, 6.45) is 0. The molecule has 1 rings (SSSR count). The molecule has 1 aromatic carbocycles. The molecule has 0 radical (unpaired) electrons. The molecule has 0 atom stereocenters. The van der Waals surface area contributed by atoms with Crippen LogP contribution in [0.1, 0.15) is 10.4 Å². The van der Waals surface area contributed by atoms with E-state index in [9.17, 15) is 9.59 Å². The summed E-state index contributed by atoms with van der Waals surface area (Å²) in [4.78, 5) is 23.4. The highest BCUT2D eigenvalue weighted by atomic mass is 16.3. The first-order valence-corrected chi connectivity index (χ1v) is 4.33. The molecule has 0 aliphatic carbocycles. The molecule has 15 heavy (non-hydrogen) atoms. The van der Waals surface area contributed by atoms with Gasteiger partial charge in [0, 0.05) is 12.6 Å². The van der Waals surface area contributed by atoms with Crippen molar-refractivity contribution >= 4 is 11.8 Å². The first-order chi connectivity index (χ1) is 7.00. The molecule has 80 valence electrons. The van der Waals surface area contributed by atoms with Crippen molar-refractivity contribution in [2.75, 3.05) is 13.6 Å². The Labute approximate surface area is 87.1 Å². The highest BCUT2D eigenvalue weighted by Crippen LogP contribution is 2.10. The maximum absolute atomic E-state index is 11.6. The number of primary amides is 1. The van der Waals surface area contributed by atoms with E-state index in [1.54, 1.807) is 0 Å². The number of aromatic hydroxyl groups is 1. The molecule has 0 spiro atoms. The molecule has 0 saturated carbocycles. The van der Waals surface area contributed by atoms with E-state index >= 15 is 0 Å². The Hall–Kier alpha value is -2.04. The molecular weight excluding hydrogens is 196 g/mol. The first-order valence-electron chi connectivity index (χ1n) is 4.33. The minimum absolute atomic E-state index is 0.0871. The standard InChI is InChI=1S/C10H12N2O3/c1-12(6-9(11)14)10(15)7-2-4-8(13)5-3-7/h2-5,13H,6H2,1H3,(H2,11,14). The smallest absolute Gasteiger partial charge is 0.254 e. The molecule has 5 heteroatoms. The Balaban J connectivity index is 2.76. The van der Waals surface area contributed by atoms with Gasteiger partial charge in [0.05, 0.1) is 6.54 Å². The van der Waals surface area contributed by atoms with Crippen LogP contribution in [0.15, 0.2) is 24.3 Å². The fourth-order valence-electron chi connectivity index (χ4n) is 1.13. The normalized spacial score (nSPS) is 9.67. The monoisotopic (exact) mass is 208 g/mol. The van der Waals surface area contributed by atoms with Crippen molar-refractivity contribution in [2.45, 2.75) is 0 Å². The van der Waals surface area contributed by atoms with Gasteiger partial charge in [0.25, 0.3) is 5.91 Å². The minimum atomic E-state index is -0.565. The van der Waals surface area contributed by atoms with Crippen molar-refractivity contribution < 1.29 is 14.7 Å². The summed E-state index contributed by atoms with van der Waals surface area (Å²) in [6, 6.07) is 5.78. The second-order valence-corrected chi connectivity index (χ2v) is 3.17. The fraction of sp³-hybridized carbons (Fsp3) is 0.200. The molecule has 3 N–H and O–H groups in total. The molecule has 0 fully saturated rings. The lowest BCUT2D eigenvalue weighted by molar-refractivity contribution is -0.118. The molecule has 0 aliphatic rings. The maximum Gasteiger partial charge on any atom is 0.254 e. The van der Waals surface area contributed by atoms with Crippen molar-refractivity contribution in [1.82, 2.24) is 4.90 Å². The Kier molecular flexibility index (Phi) is 3.28. The first kappa shape index (κ1) is 11.0. The third-order valence-corrected chi connectivity index (χ3v) is 1.85. The van der Waals surface area contributed by atoms with Crippen molar-refractivity contribution in [3.05, 3.63) is 29.8 Å². The quantitative estimate of drug-likeness (QED) is 0.730. The van der Waals surface area contributed by atoms with E-state index in [4.69, 9.17) is 10.8 Å². The van der Waals surface area contributed by atoms with Crippen LogP contribution in [0.4, 0.5) is 0 Å². The van der Waals surface area contributed by atoms with Gasteiger partial charge in [0.2, 0.25) is 5.91 Å². The van der Waals surface area contributed by atoms with E-state index in [0.29, 0.717) is 5.56 Å². The summed E-state index contributed by atoms with van der Waals surface area (Å²) in [5.41, 5.74) is 5.36. The van der Waals surface area contributed by atoms with E-state index in [1.807, 2.05) is 0 Å². The van der Waals surface area contributed by atoms with Gasteiger partial charge in [-0.1, -0.05) is 0 Å². The number of phenolic OH excluding ortho intramolecular Hbond substituents is 1. The highest BCUT2D eigenvalue weighted by Gasteiger charge is 2.12. The minimum Gasteiger partial charge on any atom is -0.508 e. The van der Waals surface area contributed by atoms with Gasteiger partial charge in [-0.05, 0) is 24.3 Å². The number of hydrogen-bond donors (Lipinski definition) is 2. The Morgan fingerprint density at radius 3 is 2.33 bits per heavy atom. The lowest BCUT2D eigenvalue weighted by Gasteiger charge is -2.14. The van der Waals surface area contributed by atoms with Crippen LogP contribution >= 0.6 is 0 Å². The lowest BCUT2D eigenvalue weighted by Crippen LogP contribution is -2.35. The SMILES string of the molecule is CN(CC(N)=O)C(=O)c1ccc(O)cc1. The van der Waals surface area contributed by atoms with Crippen LogP contribution in [0.25, 0.3) is 0 Å². The number of likely N-dealkylation sites (N-methyl/N-ethyl adjacent to an activating group) is 1. The van der Waals surface area contributed by atoms with E-state index in [0.717, 1.165) is 0 Å². The molecule has 1 aromatic rings. The van der Waals surface area contributed by atoms with Crippen molar-refractivity contribution in [3.8, 4) is 5.75 Å². The molecule has 0 heterocycles. The molecule has 5 nitrogen and oxygen atoms in total. The van der Waals surface area contributed by atoms with Gasteiger partial charge < -0.3 is 15.7 Å². The molecular formula is C10H12N2O3. The maximum atomic E-state index is 11.6. The third kappa shape index (κ3) is 2.98. The predicted molar refractivity (Wildman–Crippen MR) is 54.3 cm³/mol. The van der Waals surface area contributed by atoms with Crippen LogP contribution in [0.5, 0.6) is 5.75 Å². The van der Waals surface area contributed by atoms with Gasteiger partial charge in [-0.3, -0.25) is 9.59 Å². The molecule has 0 saturated heterocycles. The summed E-state index contributed by atoms with van der Waals surface area (Å²) in [5.74, 6) is -0.789. The number of benzene rings is 1. The number of rotatable bonds is 3. The summed E-state index contributed by atoms with van der Waals surface area (Å²) in [5, 5.41) is 9.02. The summed E-state index contributed by atoms with van der Waals surface area (Å²) < 4.78 is 0. The number of carbonyl (C=O) groups is 2. The zero-order valence-corrected chi connectivity index (χ0v) is 8.30. The van der Waals surface area contributed by atoms with Gasteiger partial charge in [-0.15, -0.1) is 0 Å². The van der Waals surface area contributed by atoms with Crippen LogP contribution in [-0.4, -0.2) is 35.4 Å². The van der Waals surface area contributed by atoms with Crippen LogP contribution in [-0.2, 0) is 4.79 Å². The topological polar surface area (TPSA) is 83.6 Å². The van der Waals surface area contributed by atoms with Crippen molar-refractivity contribution in [2.24, 2.45) is 5.73 Å². The Morgan fingerprint density at radius 1 is 1.33 bits per heavy atom. The largest absolute Gasteiger partial charge is 0.508 e. The van der Waals surface area contributed by atoms with E-state index in [1.165, 1.54) is 36.2 Å². The van der Waals surface area contributed by atoms with Gasteiger partial charge in [-0.25, -0.2) is 0 Å². The number of hydrogen-bond acceptors (Lipinski definition) is 3. The van der Waals surface area contributed by atoms with E-state index in [2.05, 4.69) is 0 Å². The number of amides is 2. The molecule has 0 unspecified atom stereocenters. The van der Waals surface area contributed by atoms with Crippen LogP contribution in [0, 0.1) is 0 Å². The lowest BCUT2D eigenvalue weighted by atomic mass is 10.2. The zero-order valence-electron chi connectivity index (χ0n) is 8.30. The second-order valence-electron chi connectivity index (χ2n) is 3.17. The van der Waals surface area contributed by atoms with E-state index in [-0.39, 0.29) is 18.2 Å². The summed E-state index contributed by atoms with van der Waals surface area (Å²) in [6.45, 7) is -0.125.